The van der Waals surface area contributed by atoms with Gasteiger partial charge in [0.15, 0.2) is 5.16 Å². The Labute approximate surface area is 193 Å². The maximum atomic E-state index is 10.8. The van der Waals surface area contributed by atoms with Crippen LogP contribution in [0.4, 0.5) is 11.6 Å². The van der Waals surface area contributed by atoms with Crippen LogP contribution in [0.25, 0.3) is 17.1 Å². The average Bonchev–Trinajstić information content (AvgIpc) is 3.59. The van der Waals surface area contributed by atoms with E-state index in [-0.39, 0.29) is 5.69 Å². The molecule has 5 rings (SSSR count). The SMILES string of the molecule is Cc1ccc(-n2c(SCc3nc(-c4ccc([N+](=O)[O-])cc4)no3)nnc2N2CCCC2)cc1. The summed E-state index contributed by atoms with van der Waals surface area (Å²) in [7, 11) is 0. The Hall–Kier alpha value is -3.73. The molecule has 0 atom stereocenters. The Kier molecular flexibility index (Phi) is 5.78. The third-order valence-corrected chi connectivity index (χ3v) is 6.34. The van der Waals surface area contributed by atoms with E-state index in [9.17, 15) is 10.1 Å². The molecule has 1 fully saturated rings. The van der Waals surface area contributed by atoms with E-state index in [4.69, 9.17) is 4.52 Å². The minimum Gasteiger partial charge on any atom is -0.341 e. The maximum Gasteiger partial charge on any atom is 0.269 e. The van der Waals surface area contributed by atoms with E-state index in [1.165, 1.54) is 29.5 Å². The van der Waals surface area contributed by atoms with Gasteiger partial charge in [0.1, 0.15) is 0 Å². The zero-order valence-corrected chi connectivity index (χ0v) is 18.7. The van der Waals surface area contributed by atoms with Gasteiger partial charge in [0.25, 0.3) is 5.69 Å². The number of benzene rings is 2. The van der Waals surface area contributed by atoms with E-state index in [1.54, 1.807) is 12.1 Å². The Morgan fingerprint density at radius 1 is 1.06 bits per heavy atom. The molecule has 3 heterocycles. The lowest BCUT2D eigenvalue weighted by atomic mass is 10.2. The number of anilines is 1. The van der Waals surface area contributed by atoms with Crippen LogP contribution < -0.4 is 4.90 Å². The molecule has 0 radical (unpaired) electrons. The second kappa shape index (κ2) is 9.02. The normalized spacial score (nSPS) is 13.5. The summed E-state index contributed by atoms with van der Waals surface area (Å²) in [6, 6.07) is 14.3. The Morgan fingerprint density at radius 2 is 1.79 bits per heavy atom. The first-order chi connectivity index (χ1) is 16.1. The molecule has 0 amide bonds. The fourth-order valence-corrected chi connectivity index (χ4v) is 4.47. The molecular formula is C22H21N7O3S. The van der Waals surface area contributed by atoms with Crippen molar-refractivity contribution >= 4 is 23.4 Å². The Morgan fingerprint density at radius 3 is 2.48 bits per heavy atom. The van der Waals surface area contributed by atoms with E-state index >= 15 is 0 Å². The van der Waals surface area contributed by atoms with Crippen molar-refractivity contribution in [2.75, 3.05) is 18.0 Å². The number of nitrogens with zero attached hydrogens (tertiary/aromatic N) is 7. The van der Waals surface area contributed by atoms with E-state index in [0.717, 1.165) is 42.7 Å². The number of thioether (sulfide) groups is 1. The van der Waals surface area contributed by atoms with Gasteiger partial charge in [-0.25, -0.2) is 0 Å². The van der Waals surface area contributed by atoms with Crippen molar-refractivity contribution in [2.24, 2.45) is 0 Å². The van der Waals surface area contributed by atoms with Crippen LogP contribution in [-0.4, -0.2) is 42.9 Å². The first-order valence-corrected chi connectivity index (χ1v) is 11.5. The highest BCUT2D eigenvalue weighted by molar-refractivity contribution is 7.98. The Bertz CT molecular complexity index is 1260. The van der Waals surface area contributed by atoms with Gasteiger partial charge >= 0.3 is 0 Å². The summed E-state index contributed by atoms with van der Waals surface area (Å²) in [5, 5.41) is 24.5. The molecular weight excluding hydrogens is 442 g/mol. The van der Waals surface area contributed by atoms with Crippen LogP contribution in [0.3, 0.4) is 0 Å². The lowest BCUT2D eigenvalue weighted by Crippen LogP contribution is -2.22. The summed E-state index contributed by atoms with van der Waals surface area (Å²) >= 11 is 1.47. The van der Waals surface area contributed by atoms with Crippen LogP contribution in [-0.2, 0) is 5.75 Å². The van der Waals surface area contributed by atoms with E-state index < -0.39 is 4.92 Å². The van der Waals surface area contributed by atoms with Crippen molar-refractivity contribution in [3.8, 4) is 17.1 Å². The van der Waals surface area contributed by atoms with Crippen LogP contribution in [0, 0.1) is 17.0 Å². The van der Waals surface area contributed by atoms with Crippen molar-refractivity contribution < 1.29 is 9.45 Å². The molecule has 11 heteroatoms. The van der Waals surface area contributed by atoms with Crippen molar-refractivity contribution in [1.29, 1.82) is 0 Å². The Balaban J connectivity index is 1.37. The van der Waals surface area contributed by atoms with Gasteiger partial charge < -0.3 is 9.42 Å². The minimum atomic E-state index is -0.442. The predicted octanol–water partition coefficient (Wildman–Crippen LogP) is 4.43. The number of hydrogen-bond donors (Lipinski definition) is 0. The molecule has 0 saturated carbocycles. The number of aryl methyl sites for hydroxylation is 1. The molecule has 2 aromatic heterocycles. The first kappa shape index (κ1) is 21.1. The van der Waals surface area contributed by atoms with E-state index in [2.05, 4.69) is 61.0 Å². The van der Waals surface area contributed by atoms with Gasteiger partial charge in [-0.05, 0) is 44.0 Å². The fourth-order valence-electron chi connectivity index (χ4n) is 3.69. The highest BCUT2D eigenvalue weighted by Gasteiger charge is 2.23. The van der Waals surface area contributed by atoms with Crippen LogP contribution in [0.5, 0.6) is 0 Å². The van der Waals surface area contributed by atoms with Gasteiger partial charge in [-0.3, -0.25) is 14.7 Å². The van der Waals surface area contributed by atoms with Crippen molar-refractivity contribution in [2.45, 2.75) is 30.7 Å². The number of aromatic nitrogens is 5. The number of nitro benzene ring substituents is 1. The second-order valence-electron chi connectivity index (χ2n) is 7.75. The number of non-ortho nitro benzene ring substituents is 1. The zero-order valence-electron chi connectivity index (χ0n) is 17.9. The van der Waals surface area contributed by atoms with Crippen molar-refractivity contribution in [3.05, 3.63) is 70.1 Å². The average molecular weight is 464 g/mol. The largest absolute Gasteiger partial charge is 0.341 e. The molecule has 33 heavy (non-hydrogen) atoms. The molecule has 0 spiro atoms. The summed E-state index contributed by atoms with van der Waals surface area (Å²) in [6.07, 6.45) is 2.30. The monoisotopic (exact) mass is 463 g/mol. The quantitative estimate of drug-likeness (QED) is 0.223. The highest BCUT2D eigenvalue weighted by Crippen LogP contribution is 2.30. The van der Waals surface area contributed by atoms with E-state index in [0.29, 0.717) is 23.0 Å². The van der Waals surface area contributed by atoms with Crippen molar-refractivity contribution in [1.82, 2.24) is 24.9 Å². The number of hydrogen-bond acceptors (Lipinski definition) is 9. The molecule has 2 aromatic carbocycles. The van der Waals surface area contributed by atoms with Gasteiger partial charge in [-0.1, -0.05) is 34.6 Å². The van der Waals surface area contributed by atoms with Crippen LogP contribution in [0.2, 0.25) is 0 Å². The van der Waals surface area contributed by atoms with Crippen LogP contribution in [0.15, 0.2) is 58.2 Å². The molecule has 10 nitrogen and oxygen atoms in total. The molecule has 1 aliphatic rings. The molecule has 0 N–H and O–H groups in total. The maximum absolute atomic E-state index is 10.8. The van der Waals surface area contributed by atoms with Gasteiger partial charge in [0.05, 0.1) is 16.4 Å². The lowest BCUT2D eigenvalue weighted by molar-refractivity contribution is -0.384. The second-order valence-corrected chi connectivity index (χ2v) is 8.69. The first-order valence-electron chi connectivity index (χ1n) is 10.6. The zero-order chi connectivity index (χ0) is 22.8. The van der Waals surface area contributed by atoms with Crippen LogP contribution in [0.1, 0.15) is 24.3 Å². The molecule has 0 unspecified atom stereocenters. The number of nitro groups is 1. The lowest BCUT2D eigenvalue weighted by Gasteiger charge is -2.18. The smallest absolute Gasteiger partial charge is 0.269 e. The van der Waals surface area contributed by atoms with Crippen LogP contribution >= 0.6 is 11.8 Å². The predicted molar refractivity (Wildman–Crippen MR) is 123 cm³/mol. The molecule has 0 aliphatic carbocycles. The highest BCUT2D eigenvalue weighted by atomic mass is 32.2. The van der Waals surface area contributed by atoms with Gasteiger partial charge in [0.2, 0.25) is 17.7 Å². The molecule has 0 bridgehead atoms. The van der Waals surface area contributed by atoms with Gasteiger partial charge in [0, 0.05) is 30.8 Å². The number of rotatable bonds is 7. The van der Waals surface area contributed by atoms with Gasteiger partial charge in [-0.15, -0.1) is 10.2 Å². The molecule has 4 aromatic rings. The molecule has 1 saturated heterocycles. The summed E-state index contributed by atoms with van der Waals surface area (Å²) in [5.74, 6) is 2.09. The minimum absolute atomic E-state index is 0.0160. The van der Waals surface area contributed by atoms with Gasteiger partial charge in [-0.2, -0.15) is 4.98 Å². The molecule has 168 valence electrons. The van der Waals surface area contributed by atoms with Crippen molar-refractivity contribution in [3.63, 3.8) is 0 Å². The summed E-state index contributed by atoms with van der Waals surface area (Å²) in [4.78, 5) is 17.1. The molecule has 1 aliphatic heterocycles. The third-order valence-electron chi connectivity index (χ3n) is 5.43. The van der Waals surface area contributed by atoms with E-state index in [1.807, 2.05) is 0 Å². The summed E-state index contributed by atoms with van der Waals surface area (Å²) in [6.45, 7) is 4.00. The standard InChI is InChI=1S/C22H21N7O3S/c1-15-4-8-17(9-5-15)28-21(27-12-2-3-13-27)24-25-22(28)33-14-19-23-20(26-32-19)16-6-10-18(11-7-16)29(30)31/h4-11H,2-3,12-14H2,1H3. The summed E-state index contributed by atoms with van der Waals surface area (Å²) in [5.41, 5.74) is 2.86. The fraction of sp³-hybridized carbons (Fsp3) is 0.273. The third kappa shape index (κ3) is 4.44. The topological polar surface area (TPSA) is 116 Å². The summed E-state index contributed by atoms with van der Waals surface area (Å²) < 4.78 is 7.48.